The molecule has 0 amide bonds. The lowest BCUT2D eigenvalue weighted by Gasteiger charge is -2.14. The van der Waals surface area contributed by atoms with Crippen molar-refractivity contribution in [2.24, 2.45) is 0 Å². The van der Waals surface area contributed by atoms with Crippen molar-refractivity contribution in [3.05, 3.63) is 176 Å². The summed E-state index contributed by atoms with van der Waals surface area (Å²) in [6, 6.07) is 63.8. The predicted octanol–water partition coefficient (Wildman–Crippen LogP) is 13.3. The quantitative estimate of drug-likeness (QED) is 0.178. The number of benzene rings is 9. The molecule has 5 aromatic heterocycles. The minimum Gasteiger partial charge on any atom is -0.307 e. The maximum Gasteiger partial charge on any atom is 0.237 e. The summed E-state index contributed by atoms with van der Waals surface area (Å²) in [5, 5.41) is 15.8. The van der Waals surface area contributed by atoms with E-state index in [1.807, 2.05) is 0 Å². The zero-order valence-corrected chi connectivity index (χ0v) is 30.5. The monoisotopic (exact) mass is 723 g/mol. The molecule has 5 nitrogen and oxygen atoms in total. The molecule has 0 N–H and O–H groups in total. The van der Waals surface area contributed by atoms with E-state index in [0.717, 1.165) is 38.8 Å². The molecule has 0 unspecified atom stereocenters. The summed E-state index contributed by atoms with van der Waals surface area (Å²) in [5.41, 5.74) is 9.06. The summed E-state index contributed by atoms with van der Waals surface area (Å²) >= 11 is 0. The molecular formula is C52H29N5. The largest absolute Gasteiger partial charge is 0.307 e. The lowest BCUT2D eigenvalue weighted by molar-refractivity contribution is 0.973. The van der Waals surface area contributed by atoms with E-state index in [4.69, 9.17) is 9.97 Å². The average molecular weight is 724 g/mol. The predicted molar refractivity (Wildman–Crippen MR) is 238 cm³/mol. The molecule has 5 heterocycles. The van der Waals surface area contributed by atoms with Gasteiger partial charge in [0.05, 0.1) is 44.1 Å². The van der Waals surface area contributed by atoms with Crippen LogP contribution < -0.4 is 0 Å². The minimum absolute atomic E-state index is 0.648. The highest BCUT2D eigenvalue weighted by molar-refractivity contribution is 6.37. The molecule has 0 saturated carbocycles. The summed E-state index contributed by atoms with van der Waals surface area (Å²) < 4.78 is 7.18. The highest BCUT2D eigenvalue weighted by Gasteiger charge is 2.26. The van der Waals surface area contributed by atoms with Crippen LogP contribution in [0, 0.1) is 0 Å². The van der Waals surface area contributed by atoms with Crippen LogP contribution in [0.2, 0.25) is 0 Å². The van der Waals surface area contributed by atoms with E-state index in [-0.39, 0.29) is 0 Å². The van der Waals surface area contributed by atoms with Gasteiger partial charge in [-0.25, -0.2) is 4.98 Å². The second kappa shape index (κ2) is 10.5. The first-order valence-corrected chi connectivity index (χ1v) is 19.5. The van der Waals surface area contributed by atoms with E-state index in [1.54, 1.807) is 0 Å². The Morgan fingerprint density at radius 1 is 0.316 bits per heavy atom. The smallest absolute Gasteiger partial charge is 0.237 e. The molecule has 0 aliphatic heterocycles. The zero-order valence-electron chi connectivity index (χ0n) is 30.5. The SMILES string of the molecule is c1ccc2c(c1)ccc1c2c2ccccc2n1-c1nc(-n2c3ccccc3c3c4c5ccc6ccccc6c5n5c6ccccc6c(cc32)c45)c2ccccc2n1. The van der Waals surface area contributed by atoms with E-state index >= 15 is 0 Å². The van der Waals surface area contributed by atoms with Gasteiger partial charge in [0, 0.05) is 53.9 Å². The molecule has 0 spiro atoms. The number of fused-ring (bicyclic) bond motifs is 18. The van der Waals surface area contributed by atoms with Gasteiger partial charge in [0.2, 0.25) is 5.95 Å². The Bertz CT molecular complexity index is 4050. The highest BCUT2D eigenvalue weighted by Crippen LogP contribution is 2.48. The molecule has 14 rings (SSSR count). The average Bonchev–Trinajstić information content (AvgIpc) is 4.00. The number of para-hydroxylation sites is 4. The van der Waals surface area contributed by atoms with Crippen molar-refractivity contribution in [3.63, 3.8) is 0 Å². The zero-order chi connectivity index (χ0) is 36.9. The Balaban J connectivity index is 1.18. The van der Waals surface area contributed by atoms with Gasteiger partial charge in [-0.3, -0.25) is 9.13 Å². The van der Waals surface area contributed by atoms with Crippen LogP contribution in [0.15, 0.2) is 176 Å². The third-order valence-corrected chi connectivity index (χ3v) is 12.5. The number of aromatic nitrogens is 5. The Morgan fingerprint density at radius 3 is 1.72 bits per heavy atom. The first-order chi connectivity index (χ1) is 28.3. The summed E-state index contributed by atoms with van der Waals surface area (Å²) in [5.74, 6) is 1.51. The highest BCUT2D eigenvalue weighted by atomic mass is 15.2. The molecule has 5 heteroatoms. The summed E-state index contributed by atoms with van der Waals surface area (Å²) in [6.07, 6.45) is 0. The van der Waals surface area contributed by atoms with Crippen molar-refractivity contribution in [3.8, 4) is 11.8 Å². The molecule has 14 aromatic rings. The molecule has 57 heavy (non-hydrogen) atoms. The molecule has 0 aliphatic rings. The van der Waals surface area contributed by atoms with Crippen LogP contribution in [0.1, 0.15) is 0 Å². The topological polar surface area (TPSA) is 40.0 Å². The van der Waals surface area contributed by atoms with E-state index in [2.05, 4.69) is 189 Å². The standard InChI is InChI=1S/C52H29N5/c1-3-15-32-30(13-1)26-28-44-46(32)36-19-7-12-24-43(36)56(44)52-53-40-21-9-5-18-35(40)51(54-52)55-42-23-11-8-20-37(42)47-45(55)29-39-34-17-6-10-22-41(34)57-49-33-16-4-2-14-31(33)25-27-38(49)48(47)50(39)57/h1-29H. The van der Waals surface area contributed by atoms with Crippen LogP contribution in [0.4, 0.5) is 0 Å². The van der Waals surface area contributed by atoms with E-state index < -0.39 is 0 Å². The lowest BCUT2D eigenvalue weighted by Crippen LogP contribution is -2.07. The van der Waals surface area contributed by atoms with Crippen molar-refractivity contribution in [2.75, 3.05) is 0 Å². The second-order valence-electron chi connectivity index (χ2n) is 15.3. The van der Waals surface area contributed by atoms with Crippen LogP contribution in [0.25, 0.3) is 126 Å². The van der Waals surface area contributed by atoms with Gasteiger partial charge in [-0.2, -0.15) is 4.98 Å². The van der Waals surface area contributed by atoms with Crippen molar-refractivity contribution < 1.29 is 0 Å². The van der Waals surface area contributed by atoms with Crippen molar-refractivity contribution >= 4 is 114 Å². The van der Waals surface area contributed by atoms with Crippen LogP contribution >= 0.6 is 0 Å². The molecular weight excluding hydrogens is 695 g/mol. The van der Waals surface area contributed by atoms with E-state index in [9.17, 15) is 0 Å². The molecule has 0 aliphatic carbocycles. The van der Waals surface area contributed by atoms with Crippen molar-refractivity contribution in [2.45, 2.75) is 0 Å². The first-order valence-electron chi connectivity index (χ1n) is 19.5. The summed E-state index contributed by atoms with van der Waals surface area (Å²) in [6.45, 7) is 0. The summed E-state index contributed by atoms with van der Waals surface area (Å²) in [4.78, 5) is 11.0. The molecule has 0 bridgehead atoms. The normalized spacial score (nSPS) is 12.6. The first kappa shape index (κ1) is 29.6. The number of nitrogens with zero attached hydrogens (tertiary/aromatic N) is 5. The molecule has 9 aromatic carbocycles. The molecule has 0 fully saturated rings. The summed E-state index contributed by atoms with van der Waals surface area (Å²) in [7, 11) is 0. The van der Waals surface area contributed by atoms with Crippen LogP contribution in [-0.4, -0.2) is 23.5 Å². The van der Waals surface area contributed by atoms with Gasteiger partial charge < -0.3 is 4.40 Å². The molecule has 262 valence electrons. The van der Waals surface area contributed by atoms with Crippen LogP contribution in [0.3, 0.4) is 0 Å². The van der Waals surface area contributed by atoms with E-state index in [1.165, 1.54) is 81.2 Å². The van der Waals surface area contributed by atoms with Crippen LogP contribution in [-0.2, 0) is 0 Å². The van der Waals surface area contributed by atoms with Gasteiger partial charge in [0.15, 0.2) is 5.82 Å². The number of rotatable bonds is 2. The van der Waals surface area contributed by atoms with Crippen molar-refractivity contribution in [1.82, 2.24) is 23.5 Å². The Hall–Kier alpha value is -7.76. The Labute approximate surface area is 324 Å². The number of hydrogen-bond donors (Lipinski definition) is 0. The van der Waals surface area contributed by atoms with Gasteiger partial charge >= 0.3 is 0 Å². The van der Waals surface area contributed by atoms with Crippen molar-refractivity contribution in [1.29, 1.82) is 0 Å². The maximum atomic E-state index is 5.66. The van der Waals surface area contributed by atoms with Gasteiger partial charge in [-0.1, -0.05) is 133 Å². The van der Waals surface area contributed by atoms with Crippen LogP contribution in [0.5, 0.6) is 0 Å². The van der Waals surface area contributed by atoms with Gasteiger partial charge in [0.1, 0.15) is 0 Å². The minimum atomic E-state index is 0.648. The third kappa shape index (κ3) is 3.64. The van der Waals surface area contributed by atoms with Gasteiger partial charge in [-0.05, 0) is 58.6 Å². The Morgan fingerprint density at radius 2 is 0.912 bits per heavy atom. The van der Waals surface area contributed by atoms with E-state index in [0.29, 0.717) is 5.95 Å². The fourth-order valence-corrected chi connectivity index (χ4v) is 10.3. The maximum absolute atomic E-state index is 5.66. The molecule has 0 radical (unpaired) electrons. The third-order valence-electron chi connectivity index (χ3n) is 12.5. The second-order valence-corrected chi connectivity index (χ2v) is 15.3. The fourth-order valence-electron chi connectivity index (χ4n) is 10.3. The lowest BCUT2D eigenvalue weighted by atomic mass is 10.00. The number of hydrogen-bond acceptors (Lipinski definition) is 2. The Kier molecular flexibility index (Phi) is 5.45. The molecule has 0 saturated heterocycles. The van der Waals surface area contributed by atoms with Gasteiger partial charge in [0.25, 0.3) is 0 Å². The fraction of sp³-hybridized carbons (Fsp3) is 0. The molecule has 0 atom stereocenters. The van der Waals surface area contributed by atoms with Gasteiger partial charge in [-0.15, -0.1) is 0 Å².